The molecule has 3 aromatic rings. The molecule has 0 atom stereocenters. The van der Waals surface area contributed by atoms with E-state index in [9.17, 15) is 0 Å². The lowest BCUT2D eigenvalue weighted by Crippen LogP contribution is -1.88. The maximum absolute atomic E-state index is 5.88. The van der Waals surface area contributed by atoms with Gasteiger partial charge in [0.1, 0.15) is 9.79 Å². The normalized spacial score (nSPS) is 10.7. The van der Waals surface area contributed by atoms with Crippen LogP contribution in [0.25, 0.3) is 22.0 Å². The Bertz CT molecular complexity index is 782. The van der Waals surface area contributed by atoms with Crippen LogP contribution in [0.3, 0.4) is 0 Å². The molecule has 5 heteroatoms. The van der Waals surface area contributed by atoms with Crippen LogP contribution in [0, 0.1) is 4.64 Å². The first-order valence-electron chi connectivity index (χ1n) is 5.34. The van der Waals surface area contributed by atoms with Crippen LogP contribution in [-0.2, 0) is 0 Å². The average molecular weight is 274 g/mol. The van der Waals surface area contributed by atoms with Crippen molar-refractivity contribution in [2.24, 2.45) is 0 Å². The molecule has 0 aliphatic heterocycles. The lowest BCUT2D eigenvalue weighted by atomic mass is 10.1. The fourth-order valence-electron chi connectivity index (χ4n) is 1.83. The van der Waals surface area contributed by atoms with Crippen LogP contribution in [0.2, 0.25) is 5.15 Å². The molecule has 0 spiro atoms. The zero-order valence-corrected chi connectivity index (χ0v) is 10.8. The largest absolute Gasteiger partial charge is 0.266 e. The Morgan fingerprint density at radius 3 is 2.94 bits per heavy atom. The fraction of sp³-hybridized carbons (Fsp3) is 0. The number of pyridine rings is 1. The lowest BCUT2D eigenvalue weighted by Gasteiger charge is -2.04. The fourth-order valence-corrected chi connectivity index (χ4v) is 2.20. The van der Waals surface area contributed by atoms with E-state index in [1.54, 1.807) is 12.3 Å². The summed E-state index contributed by atoms with van der Waals surface area (Å²) in [6, 6.07) is 11.7. The van der Waals surface area contributed by atoms with Crippen LogP contribution in [0.4, 0.5) is 0 Å². The molecule has 0 radical (unpaired) electrons. The highest BCUT2D eigenvalue weighted by molar-refractivity contribution is 7.71. The highest BCUT2D eigenvalue weighted by Gasteiger charge is 2.04. The number of aromatic nitrogens is 3. The molecular formula is C13H8ClN3S. The van der Waals surface area contributed by atoms with Gasteiger partial charge in [-0.25, -0.2) is 0 Å². The van der Waals surface area contributed by atoms with Crippen molar-refractivity contribution in [2.75, 3.05) is 0 Å². The van der Waals surface area contributed by atoms with Crippen molar-refractivity contribution in [1.29, 1.82) is 0 Å². The van der Waals surface area contributed by atoms with Gasteiger partial charge in [0.25, 0.3) is 0 Å². The number of hydrogen-bond acceptors (Lipinski definition) is 3. The van der Waals surface area contributed by atoms with Gasteiger partial charge >= 0.3 is 0 Å². The number of aromatic amines is 1. The molecule has 0 bridgehead atoms. The standard InChI is InChI=1S/C13H8ClN3S/c14-12-7-10(13(18)17-16-12)9-4-3-8-2-1-5-15-11(8)6-9/h1-7H,(H,17,18). The summed E-state index contributed by atoms with van der Waals surface area (Å²) in [5.74, 6) is 0. The van der Waals surface area contributed by atoms with E-state index in [2.05, 4.69) is 15.2 Å². The van der Waals surface area contributed by atoms with E-state index in [-0.39, 0.29) is 0 Å². The molecule has 0 fully saturated rings. The zero-order valence-electron chi connectivity index (χ0n) is 9.22. The zero-order chi connectivity index (χ0) is 12.5. The molecule has 0 amide bonds. The Kier molecular flexibility index (Phi) is 2.81. The van der Waals surface area contributed by atoms with Crippen molar-refractivity contribution in [3.8, 4) is 11.1 Å². The predicted molar refractivity (Wildman–Crippen MR) is 75.2 cm³/mol. The van der Waals surface area contributed by atoms with E-state index >= 15 is 0 Å². The van der Waals surface area contributed by atoms with Gasteiger partial charge in [-0.2, -0.15) is 5.10 Å². The first kappa shape index (κ1) is 11.3. The van der Waals surface area contributed by atoms with Crippen molar-refractivity contribution >= 4 is 34.7 Å². The highest BCUT2D eigenvalue weighted by Crippen LogP contribution is 2.25. The van der Waals surface area contributed by atoms with Crippen LogP contribution < -0.4 is 0 Å². The number of rotatable bonds is 1. The smallest absolute Gasteiger partial charge is 0.150 e. The molecule has 2 heterocycles. The molecule has 0 aliphatic carbocycles. The molecule has 3 rings (SSSR count). The quantitative estimate of drug-likeness (QED) is 0.681. The molecule has 0 saturated heterocycles. The molecule has 0 unspecified atom stereocenters. The van der Waals surface area contributed by atoms with E-state index in [1.807, 2.05) is 30.3 Å². The van der Waals surface area contributed by atoms with E-state index in [0.717, 1.165) is 22.0 Å². The number of H-pyrrole nitrogens is 1. The Morgan fingerprint density at radius 1 is 1.17 bits per heavy atom. The van der Waals surface area contributed by atoms with Gasteiger partial charge < -0.3 is 0 Å². The van der Waals surface area contributed by atoms with Gasteiger partial charge in [0.2, 0.25) is 0 Å². The SMILES string of the molecule is S=c1[nH]nc(Cl)cc1-c1ccc2cccnc2c1. The van der Waals surface area contributed by atoms with Gasteiger partial charge in [-0.05, 0) is 23.8 Å². The van der Waals surface area contributed by atoms with Crippen LogP contribution >= 0.6 is 23.8 Å². The summed E-state index contributed by atoms with van der Waals surface area (Å²) in [6.45, 7) is 0. The van der Waals surface area contributed by atoms with E-state index in [1.165, 1.54) is 0 Å². The second-order valence-electron chi connectivity index (χ2n) is 3.84. The summed E-state index contributed by atoms with van der Waals surface area (Å²) >= 11 is 11.1. The van der Waals surface area contributed by atoms with Gasteiger partial charge in [0, 0.05) is 17.1 Å². The second-order valence-corrected chi connectivity index (χ2v) is 4.64. The summed E-state index contributed by atoms with van der Waals surface area (Å²) in [5, 5.41) is 8.06. The molecule has 1 N–H and O–H groups in total. The number of nitrogens with one attached hydrogen (secondary N) is 1. The van der Waals surface area contributed by atoms with E-state index < -0.39 is 0 Å². The van der Waals surface area contributed by atoms with Crippen molar-refractivity contribution in [3.05, 3.63) is 52.4 Å². The van der Waals surface area contributed by atoms with E-state index in [4.69, 9.17) is 23.8 Å². The third kappa shape index (κ3) is 2.00. The van der Waals surface area contributed by atoms with Gasteiger partial charge in [-0.15, -0.1) is 0 Å². The van der Waals surface area contributed by atoms with Crippen LogP contribution in [-0.4, -0.2) is 15.2 Å². The predicted octanol–water partition coefficient (Wildman–Crippen LogP) is 4.01. The van der Waals surface area contributed by atoms with Crippen molar-refractivity contribution in [2.45, 2.75) is 0 Å². The van der Waals surface area contributed by atoms with Crippen molar-refractivity contribution < 1.29 is 0 Å². The topological polar surface area (TPSA) is 41.6 Å². The molecule has 1 aromatic carbocycles. The molecule has 0 saturated carbocycles. The number of benzene rings is 1. The lowest BCUT2D eigenvalue weighted by molar-refractivity contribution is 1.02. The number of fused-ring (bicyclic) bond motifs is 1. The monoisotopic (exact) mass is 273 g/mol. The molecule has 3 nitrogen and oxygen atoms in total. The van der Waals surface area contributed by atoms with Crippen molar-refractivity contribution in [1.82, 2.24) is 15.2 Å². The third-order valence-corrected chi connectivity index (χ3v) is 3.19. The minimum atomic E-state index is 0.389. The first-order chi connectivity index (χ1) is 8.74. The highest BCUT2D eigenvalue weighted by atomic mass is 35.5. The average Bonchev–Trinajstić information content (AvgIpc) is 2.41. The van der Waals surface area contributed by atoms with Crippen LogP contribution in [0.15, 0.2) is 42.6 Å². The Labute approximate surface area is 113 Å². The van der Waals surface area contributed by atoms with Crippen molar-refractivity contribution in [3.63, 3.8) is 0 Å². The summed E-state index contributed by atoms with van der Waals surface area (Å²) < 4.78 is 0.565. The summed E-state index contributed by atoms with van der Waals surface area (Å²) in [7, 11) is 0. The van der Waals surface area contributed by atoms with Gasteiger partial charge in [-0.3, -0.25) is 10.1 Å². The van der Waals surface area contributed by atoms with Gasteiger partial charge in [0.15, 0.2) is 0 Å². The van der Waals surface area contributed by atoms with Gasteiger partial charge in [0.05, 0.1) is 5.52 Å². The van der Waals surface area contributed by atoms with Crippen LogP contribution in [0.5, 0.6) is 0 Å². The first-order valence-corrected chi connectivity index (χ1v) is 6.13. The summed E-state index contributed by atoms with van der Waals surface area (Å²) in [4.78, 5) is 4.33. The second kappa shape index (κ2) is 4.48. The van der Waals surface area contributed by atoms with Crippen LogP contribution in [0.1, 0.15) is 0 Å². The number of halogens is 1. The molecular weight excluding hydrogens is 266 g/mol. The molecule has 0 aliphatic rings. The van der Waals surface area contributed by atoms with E-state index in [0.29, 0.717) is 9.79 Å². The Morgan fingerprint density at radius 2 is 2.06 bits per heavy atom. The maximum Gasteiger partial charge on any atom is 0.150 e. The molecule has 88 valence electrons. The summed E-state index contributed by atoms with van der Waals surface area (Å²) in [5.41, 5.74) is 2.77. The maximum atomic E-state index is 5.88. The minimum Gasteiger partial charge on any atom is -0.266 e. The molecule has 18 heavy (non-hydrogen) atoms. The van der Waals surface area contributed by atoms with Gasteiger partial charge in [-0.1, -0.05) is 42.0 Å². The molecule has 2 aromatic heterocycles. The Balaban J connectivity index is 2.25. The third-order valence-electron chi connectivity index (χ3n) is 2.69. The minimum absolute atomic E-state index is 0.389. The Hall–Kier alpha value is -1.78. The number of hydrogen-bond donors (Lipinski definition) is 1. The number of nitrogens with zero attached hydrogens (tertiary/aromatic N) is 2. The summed E-state index contributed by atoms with van der Waals surface area (Å²) in [6.07, 6.45) is 1.77.